The SMILES string of the molecule is CCN(CCO)c1nnccc1C(N)=S. The van der Waals surface area contributed by atoms with Gasteiger partial charge < -0.3 is 15.7 Å². The predicted molar refractivity (Wildman–Crippen MR) is 62.9 cm³/mol. The van der Waals surface area contributed by atoms with Crippen LogP contribution in [0.2, 0.25) is 0 Å². The monoisotopic (exact) mass is 226 g/mol. The smallest absolute Gasteiger partial charge is 0.161 e. The molecule has 0 spiro atoms. The highest BCUT2D eigenvalue weighted by atomic mass is 32.1. The van der Waals surface area contributed by atoms with Crippen molar-refractivity contribution in [3.8, 4) is 0 Å². The maximum absolute atomic E-state index is 8.90. The number of aromatic nitrogens is 2. The van der Waals surface area contributed by atoms with Crippen molar-refractivity contribution in [3.63, 3.8) is 0 Å². The van der Waals surface area contributed by atoms with Gasteiger partial charge in [0.25, 0.3) is 0 Å². The molecule has 0 aromatic carbocycles. The minimum absolute atomic E-state index is 0.0567. The first-order valence-electron chi connectivity index (χ1n) is 4.68. The van der Waals surface area contributed by atoms with Crippen LogP contribution in [0, 0.1) is 0 Å². The largest absolute Gasteiger partial charge is 0.395 e. The minimum Gasteiger partial charge on any atom is -0.395 e. The molecule has 0 atom stereocenters. The van der Waals surface area contributed by atoms with Crippen LogP contribution in [0.1, 0.15) is 12.5 Å². The van der Waals surface area contributed by atoms with Gasteiger partial charge in [-0.3, -0.25) is 0 Å². The Kier molecular flexibility index (Phi) is 4.38. The highest BCUT2D eigenvalue weighted by Gasteiger charge is 2.12. The van der Waals surface area contributed by atoms with E-state index in [-0.39, 0.29) is 11.6 Å². The highest BCUT2D eigenvalue weighted by molar-refractivity contribution is 7.80. The fraction of sp³-hybridized carbons (Fsp3) is 0.444. The van der Waals surface area contributed by atoms with Gasteiger partial charge in [0.05, 0.1) is 18.4 Å². The summed E-state index contributed by atoms with van der Waals surface area (Å²) in [6, 6.07) is 1.73. The molecule has 0 aliphatic carbocycles. The molecule has 0 radical (unpaired) electrons. The summed E-state index contributed by atoms with van der Waals surface area (Å²) in [4.78, 5) is 2.16. The summed E-state index contributed by atoms with van der Waals surface area (Å²) < 4.78 is 0. The summed E-state index contributed by atoms with van der Waals surface area (Å²) in [5, 5.41) is 16.7. The molecule has 15 heavy (non-hydrogen) atoms. The van der Waals surface area contributed by atoms with Gasteiger partial charge in [0.1, 0.15) is 4.99 Å². The molecular formula is C9H14N4OS. The van der Waals surface area contributed by atoms with Crippen molar-refractivity contribution in [1.82, 2.24) is 10.2 Å². The molecule has 0 aliphatic rings. The molecule has 0 amide bonds. The van der Waals surface area contributed by atoms with Crippen molar-refractivity contribution >= 4 is 23.0 Å². The third-order valence-corrected chi connectivity index (χ3v) is 2.24. The number of aliphatic hydroxyl groups excluding tert-OH is 1. The summed E-state index contributed by atoms with van der Waals surface area (Å²) in [5.74, 6) is 0.626. The van der Waals surface area contributed by atoms with Crippen LogP contribution in [0.5, 0.6) is 0 Å². The normalized spacial score (nSPS) is 10.0. The zero-order chi connectivity index (χ0) is 11.3. The Balaban J connectivity index is 3.04. The molecule has 0 unspecified atom stereocenters. The van der Waals surface area contributed by atoms with Crippen LogP contribution in [-0.2, 0) is 0 Å². The summed E-state index contributed by atoms with van der Waals surface area (Å²) in [7, 11) is 0. The molecule has 1 aromatic heterocycles. The molecule has 0 bridgehead atoms. The van der Waals surface area contributed by atoms with E-state index in [0.29, 0.717) is 17.9 Å². The van der Waals surface area contributed by atoms with E-state index < -0.39 is 0 Å². The third kappa shape index (κ3) is 2.84. The number of aliphatic hydroxyl groups is 1. The molecule has 6 heteroatoms. The second-order valence-corrected chi connectivity index (χ2v) is 3.38. The Morgan fingerprint density at radius 2 is 2.40 bits per heavy atom. The second-order valence-electron chi connectivity index (χ2n) is 2.94. The van der Waals surface area contributed by atoms with E-state index in [4.69, 9.17) is 23.1 Å². The van der Waals surface area contributed by atoms with Gasteiger partial charge in [-0.15, -0.1) is 5.10 Å². The molecule has 0 aliphatic heterocycles. The van der Waals surface area contributed by atoms with E-state index in [9.17, 15) is 0 Å². The lowest BCUT2D eigenvalue weighted by molar-refractivity contribution is 0.302. The van der Waals surface area contributed by atoms with Gasteiger partial charge >= 0.3 is 0 Å². The summed E-state index contributed by atoms with van der Waals surface area (Å²) >= 11 is 4.92. The number of anilines is 1. The number of rotatable bonds is 5. The van der Waals surface area contributed by atoms with Gasteiger partial charge in [-0.2, -0.15) is 5.10 Å². The lowest BCUT2D eigenvalue weighted by atomic mass is 10.2. The quantitative estimate of drug-likeness (QED) is 0.685. The predicted octanol–water partition coefficient (Wildman–Crippen LogP) is -0.0706. The molecule has 82 valence electrons. The van der Waals surface area contributed by atoms with E-state index in [1.165, 1.54) is 0 Å². The number of hydrogen-bond donors (Lipinski definition) is 2. The number of likely N-dealkylation sites (N-methyl/N-ethyl adjacent to an activating group) is 1. The van der Waals surface area contributed by atoms with Gasteiger partial charge in [-0.05, 0) is 13.0 Å². The van der Waals surface area contributed by atoms with Crippen molar-refractivity contribution in [2.24, 2.45) is 5.73 Å². The van der Waals surface area contributed by atoms with Crippen LogP contribution in [0.15, 0.2) is 12.3 Å². The first-order valence-corrected chi connectivity index (χ1v) is 5.08. The number of nitrogens with two attached hydrogens (primary N) is 1. The van der Waals surface area contributed by atoms with E-state index in [2.05, 4.69) is 10.2 Å². The van der Waals surface area contributed by atoms with E-state index in [1.54, 1.807) is 12.3 Å². The van der Waals surface area contributed by atoms with E-state index in [0.717, 1.165) is 6.54 Å². The van der Waals surface area contributed by atoms with Gasteiger partial charge in [0.2, 0.25) is 0 Å². The van der Waals surface area contributed by atoms with Crippen LogP contribution in [-0.4, -0.2) is 40.0 Å². The van der Waals surface area contributed by atoms with Crippen molar-refractivity contribution in [2.75, 3.05) is 24.6 Å². The molecule has 5 nitrogen and oxygen atoms in total. The Bertz CT molecular complexity index is 345. The van der Waals surface area contributed by atoms with E-state index in [1.807, 2.05) is 11.8 Å². The van der Waals surface area contributed by atoms with Crippen LogP contribution in [0.4, 0.5) is 5.82 Å². The van der Waals surface area contributed by atoms with Crippen LogP contribution in [0.25, 0.3) is 0 Å². The van der Waals surface area contributed by atoms with Crippen molar-refractivity contribution < 1.29 is 5.11 Å². The van der Waals surface area contributed by atoms with Crippen LogP contribution < -0.4 is 10.6 Å². The third-order valence-electron chi connectivity index (χ3n) is 2.02. The molecule has 1 heterocycles. The fourth-order valence-corrected chi connectivity index (χ4v) is 1.44. The molecule has 0 fully saturated rings. The zero-order valence-corrected chi connectivity index (χ0v) is 9.37. The highest BCUT2D eigenvalue weighted by Crippen LogP contribution is 2.15. The van der Waals surface area contributed by atoms with E-state index >= 15 is 0 Å². The lowest BCUT2D eigenvalue weighted by Gasteiger charge is -2.22. The Morgan fingerprint density at radius 1 is 1.67 bits per heavy atom. The minimum atomic E-state index is 0.0567. The second kappa shape index (κ2) is 5.57. The van der Waals surface area contributed by atoms with Crippen molar-refractivity contribution in [1.29, 1.82) is 0 Å². The lowest BCUT2D eigenvalue weighted by Crippen LogP contribution is -2.30. The standard InChI is InChI=1S/C9H14N4OS/c1-2-13(5-6-14)9-7(8(10)15)3-4-11-12-9/h3-4,14H,2,5-6H2,1H3,(H2,10,15). The van der Waals surface area contributed by atoms with Crippen LogP contribution in [0.3, 0.4) is 0 Å². The maximum atomic E-state index is 8.90. The van der Waals surface area contributed by atoms with Crippen LogP contribution >= 0.6 is 12.2 Å². The van der Waals surface area contributed by atoms with Gasteiger partial charge in [-0.25, -0.2) is 0 Å². The summed E-state index contributed by atoms with van der Waals surface area (Å²) in [5.41, 5.74) is 6.27. The topological polar surface area (TPSA) is 75.3 Å². The summed E-state index contributed by atoms with van der Waals surface area (Å²) in [6.07, 6.45) is 1.55. The molecule has 0 saturated heterocycles. The molecule has 3 N–H and O–H groups in total. The van der Waals surface area contributed by atoms with Crippen molar-refractivity contribution in [3.05, 3.63) is 17.8 Å². The first-order chi connectivity index (χ1) is 7.20. The molecule has 1 aromatic rings. The van der Waals surface area contributed by atoms with Gasteiger partial charge in [0.15, 0.2) is 5.82 Å². The van der Waals surface area contributed by atoms with Gasteiger partial charge in [-0.1, -0.05) is 12.2 Å². The number of nitrogens with zero attached hydrogens (tertiary/aromatic N) is 3. The maximum Gasteiger partial charge on any atom is 0.161 e. The number of thiocarbonyl (C=S) groups is 1. The Labute approximate surface area is 93.9 Å². The molecule has 1 rings (SSSR count). The van der Waals surface area contributed by atoms with Crippen molar-refractivity contribution in [2.45, 2.75) is 6.92 Å². The van der Waals surface area contributed by atoms with Gasteiger partial charge in [0, 0.05) is 13.1 Å². The average molecular weight is 226 g/mol. The Morgan fingerprint density at radius 3 is 2.93 bits per heavy atom. The number of hydrogen-bond acceptors (Lipinski definition) is 5. The molecular weight excluding hydrogens is 212 g/mol. The summed E-state index contributed by atoms with van der Waals surface area (Å²) in [6.45, 7) is 3.23. The fourth-order valence-electron chi connectivity index (χ4n) is 1.28. The zero-order valence-electron chi connectivity index (χ0n) is 8.55. The average Bonchev–Trinajstić information content (AvgIpc) is 2.26. The molecule has 0 saturated carbocycles. The first kappa shape index (κ1) is 11.8. The Hall–Kier alpha value is -1.27.